The highest BCUT2D eigenvalue weighted by atomic mass is 35.5. The first-order valence-electron chi connectivity index (χ1n) is 16.3. The minimum absolute atomic E-state index is 0.105. The summed E-state index contributed by atoms with van der Waals surface area (Å²) in [5.41, 5.74) is 9.28. The van der Waals surface area contributed by atoms with Crippen LogP contribution in [-0.2, 0) is 16.4 Å². The molecule has 0 aromatic heterocycles. The average Bonchev–Trinajstić information content (AvgIpc) is 3.32. The summed E-state index contributed by atoms with van der Waals surface area (Å²) >= 11 is 5.89. The molecule has 3 aliphatic carbocycles. The highest BCUT2D eigenvalue weighted by Gasteiger charge is 2.57. The Balaban J connectivity index is 1.07. The van der Waals surface area contributed by atoms with E-state index in [4.69, 9.17) is 22.1 Å². The van der Waals surface area contributed by atoms with Crippen LogP contribution in [0.2, 0.25) is 5.02 Å². The molecule has 2 amide bonds. The number of aliphatic hydroxyl groups excluding tert-OH is 1. The highest BCUT2D eigenvalue weighted by molar-refractivity contribution is 7.93. The van der Waals surface area contributed by atoms with E-state index in [-0.39, 0.29) is 28.9 Å². The van der Waals surface area contributed by atoms with E-state index in [9.17, 15) is 23.4 Å². The Morgan fingerprint density at radius 2 is 1.76 bits per heavy atom. The fraction of sp³-hybridized carbons (Fsp3) is 0.472. The number of rotatable bonds is 10. The molecule has 0 aliphatic heterocycles. The first-order chi connectivity index (χ1) is 22.0. The van der Waals surface area contributed by atoms with Crippen LogP contribution in [0.5, 0.6) is 11.5 Å². The molecule has 6 atom stereocenters. The van der Waals surface area contributed by atoms with Crippen LogP contribution in [0, 0.1) is 17.3 Å². The Labute approximate surface area is 276 Å². The molecule has 3 aromatic carbocycles. The number of amides is 2. The number of hydrogen-bond acceptors (Lipinski definition) is 6. The lowest BCUT2D eigenvalue weighted by Crippen LogP contribution is -2.47. The topological polar surface area (TPSA) is 130 Å². The van der Waals surface area contributed by atoms with Crippen molar-refractivity contribution < 1.29 is 28.2 Å². The Bertz CT molecular complexity index is 1660. The minimum atomic E-state index is -3.94. The van der Waals surface area contributed by atoms with Crippen molar-refractivity contribution in [3.63, 3.8) is 0 Å². The second kappa shape index (κ2) is 13.1. The van der Waals surface area contributed by atoms with Gasteiger partial charge in [-0.25, -0.2) is 13.2 Å². The number of carbonyl (C=O) groups is 1. The molecule has 6 rings (SSSR count). The van der Waals surface area contributed by atoms with Gasteiger partial charge in [0, 0.05) is 5.02 Å². The second-order valence-corrected chi connectivity index (χ2v) is 15.9. The molecule has 246 valence electrons. The lowest BCUT2D eigenvalue weighted by molar-refractivity contribution is -0.0323. The smallest absolute Gasteiger partial charge is 0.333 e. The monoisotopic (exact) mass is 666 g/mol. The zero-order valence-electron chi connectivity index (χ0n) is 26.1. The Morgan fingerprint density at radius 1 is 1.02 bits per heavy atom. The third kappa shape index (κ3) is 6.34. The zero-order valence-corrected chi connectivity index (χ0v) is 27.7. The van der Waals surface area contributed by atoms with E-state index >= 15 is 0 Å². The molecular formula is C36H43ClN2O6S. The average molecular weight is 667 g/mol. The Hall–Kier alpha value is -3.27. The number of phenols is 1. The summed E-state index contributed by atoms with van der Waals surface area (Å²) in [4.78, 5) is 12.0. The molecule has 2 saturated carbocycles. The maximum atomic E-state index is 12.9. The number of phenolic OH excluding ortho intramolecular Hbond substituents is 1. The van der Waals surface area contributed by atoms with Crippen LogP contribution in [0.1, 0.15) is 80.4 Å². The van der Waals surface area contributed by atoms with Gasteiger partial charge in [0.05, 0.1) is 24.2 Å². The van der Waals surface area contributed by atoms with Crippen molar-refractivity contribution in [3.8, 4) is 11.5 Å². The molecule has 0 radical (unpaired) electrons. The number of aryl methyl sites for hydroxylation is 1. The normalized spacial score (nSPS) is 26.9. The first-order valence-corrected chi connectivity index (χ1v) is 18.3. The number of carbonyl (C=O) groups excluding carboxylic acids is 1. The van der Waals surface area contributed by atoms with E-state index in [0.29, 0.717) is 58.7 Å². The van der Waals surface area contributed by atoms with E-state index < -0.39 is 16.1 Å². The van der Waals surface area contributed by atoms with Gasteiger partial charge in [-0.1, -0.05) is 36.7 Å². The lowest BCUT2D eigenvalue weighted by Gasteiger charge is -2.54. The SMILES string of the molecule is C[C@]12C[C@H](c3ccc(OCCCCCS(=O)(=O)N(C(N)=O)c4ccc(Cl)cc4)cc3)[C@@H]3c4ccc(O)cc4CC[C@H]3[C@@H]1CC[C@@H]2O. The van der Waals surface area contributed by atoms with Gasteiger partial charge in [0.2, 0.25) is 10.0 Å². The first kappa shape index (κ1) is 32.7. The second-order valence-electron chi connectivity index (χ2n) is 13.5. The zero-order chi connectivity index (χ0) is 32.6. The number of primary amides is 1. The summed E-state index contributed by atoms with van der Waals surface area (Å²) in [5.74, 6) is 2.46. The van der Waals surface area contributed by atoms with Crippen LogP contribution in [0.4, 0.5) is 10.5 Å². The van der Waals surface area contributed by atoms with Gasteiger partial charge in [0.15, 0.2) is 0 Å². The Morgan fingerprint density at radius 3 is 2.48 bits per heavy atom. The van der Waals surface area contributed by atoms with Gasteiger partial charge in [-0.2, -0.15) is 4.31 Å². The fourth-order valence-electron chi connectivity index (χ4n) is 8.65. The predicted molar refractivity (Wildman–Crippen MR) is 180 cm³/mol. The molecule has 4 N–H and O–H groups in total. The van der Waals surface area contributed by atoms with Crippen LogP contribution in [-0.4, -0.2) is 43.1 Å². The van der Waals surface area contributed by atoms with Crippen molar-refractivity contribution in [2.75, 3.05) is 16.7 Å². The van der Waals surface area contributed by atoms with Crippen LogP contribution in [0.3, 0.4) is 0 Å². The summed E-state index contributed by atoms with van der Waals surface area (Å²) < 4.78 is 32.4. The van der Waals surface area contributed by atoms with Crippen molar-refractivity contribution in [2.24, 2.45) is 23.0 Å². The molecular weight excluding hydrogens is 624 g/mol. The van der Waals surface area contributed by atoms with Gasteiger partial charge < -0.3 is 20.7 Å². The number of benzene rings is 3. The number of unbranched alkanes of at least 4 members (excludes halogenated alkanes) is 2. The number of hydrogen-bond donors (Lipinski definition) is 3. The lowest BCUT2D eigenvalue weighted by atomic mass is 9.51. The van der Waals surface area contributed by atoms with Crippen LogP contribution >= 0.6 is 11.6 Å². The molecule has 0 saturated heterocycles. The molecule has 10 heteroatoms. The largest absolute Gasteiger partial charge is 0.508 e. The predicted octanol–water partition coefficient (Wildman–Crippen LogP) is 7.12. The van der Waals surface area contributed by atoms with Gasteiger partial charge in [-0.05, 0) is 146 Å². The number of halogens is 1. The molecule has 0 bridgehead atoms. The number of urea groups is 1. The summed E-state index contributed by atoms with van der Waals surface area (Å²) in [7, 11) is -3.94. The van der Waals surface area contributed by atoms with Gasteiger partial charge in [0.25, 0.3) is 0 Å². The van der Waals surface area contributed by atoms with Crippen molar-refractivity contribution in [1.82, 2.24) is 0 Å². The van der Waals surface area contributed by atoms with Crippen LogP contribution in [0.15, 0.2) is 66.7 Å². The number of aromatic hydroxyl groups is 1. The van der Waals surface area contributed by atoms with Crippen molar-refractivity contribution in [2.45, 2.75) is 76.2 Å². The van der Waals surface area contributed by atoms with E-state index in [0.717, 1.165) is 37.9 Å². The minimum Gasteiger partial charge on any atom is -0.508 e. The molecule has 3 aromatic rings. The fourth-order valence-corrected chi connectivity index (χ4v) is 10.2. The molecule has 3 aliphatic rings. The number of aliphatic hydroxyl groups is 1. The number of nitrogens with zero attached hydrogens (tertiary/aromatic N) is 1. The van der Waals surface area contributed by atoms with Crippen LogP contribution in [0.25, 0.3) is 0 Å². The van der Waals surface area contributed by atoms with Crippen LogP contribution < -0.4 is 14.8 Å². The maximum Gasteiger partial charge on any atom is 0.333 e. The van der Waals surface area contributed by atoms with Gasteiger partial charge in [0.1, 0.15) is 11.5 Å². The number of fused-ring (bicyclic) bond motifs is 5. The molecule has 0 unspecified atom stereocenters. The van der Waals surface area contributed by atoms with Crippen molar-refractivity contribution >= 4 is 33.3 Å². The molecule has 46 heavy (non-hydrogen) atoms. The highest BCUT2D eigenvalue weighted by Crippen LogP contribution is 2.65. The summed E-state index contributed by atoms with van der Waals surface area (Å²) in [6, 6.07) is 19.0. The number of sulfonamides is 1. The summed E-state index contributed by atoms with van der Waals surface area (Å²) in [6.07, 6.45) is 6.24. The number of anilines is 1. The van der Waals surface area contributed by atoms with E-state index in [1.165, 1.54) is 41.0 Å². The van der Waals surface area contributed by atoms with Gasteiger partial charge >= 0.3 is 6.03 Å². The number of nitrogens with two attached hydrogens (primary N) is 1. The molecule has 0 spiro atoms. The third-order valence-electron chi connectivity index (χ3n) is 10.8. The van der Waals surface area contributed by atoms with Crippen molar-refractivity contribution in [1.29, 1.82) is 0 Å². The maximum absolute atomic E-state index is 12.9. The third-order valence-corrected chi connectivity index (χ3v) is 12.8. The Kier molecular flexibility index (Phi) is 9.29. The van der Waals surface area contributed by atoms with Crippen molar-refractivity contribution in [3.05, 3.63) is 88.4 Å². The van der Waals surface area contributed by atoms with Gasteiger partial charge in [-0.15, -0.1) is 0 Å². The van der Waals surface area contributed by atoms with E-state index in [1.807, 2.05) is 24.3 Å². The van der Waals surface area contributed by atoms with Gasteiger partial charge in [-0.3, -0.25) is 0 Å². The quantitative estimate of drug-likeness (QED) is 0.198. The summed E-state index contributed by atoms with van der Waals surface area (Å²) in [6.45, 7) is 2.73. The molecule has 0 heterocycles. The summed E-state index contributed by atoms with van der Waals surface area (Å²) in [5, 5.41) is 21.7. The molecule has 2 fully saturated rings. The number of ether oxygens (including phenoxy) is 1. The standard InChI is InChI=1S/C36H43ClN2O6S/c1-36-22-31(34-29-16-12-27(40)21-24(29)7-15-30(34)32(36)17-18-33(36)41)23-5-13-28(14-6-23)45-19-3-2-4-20-46(43,44)39(35(38)42)26-10-8-25(37)9-11-26/h5-6,8-14,16,21,30-34,40-41H,2-4,7,15,17-20,22H2,1H3,(H2,38,42)/t30-,31+,32-,33-,34+,36-/m0/s1. The van der Waals surface area contributed by atoms with E-state index in [2.05, 4.69) is 25.1 Å². The molecule has 8 nitrogen and oxygen atoms in total. The van der Waals surface area contributed by atoms with E-state index in [1.54, 1.807) is 0 Å².